The summed E-state index contributed by atoms with van der Waals surface area (Å²) in [6.07, 6.45) is 1.34. The summed E-state index contributed by atoms with van der Waals surface area (Å²) in [6.45, 7) is 0. The second-order valence-electron chi connectivity index (χ2n) is 3.96. The molecule has 0 fully saturated rings. The van der Waals surface area contributed by atoms with Crippen LogP contribution >= 0.6 is 0 Å². The quantitative estimate of drug-likeness (QED) is 0.755. The Bertz CT molecular complexity index is 849. The van der Waals surface area contributed by atoms with Gasteiger partial charge in [0, 0.05) is 18.3 Å². The summed E-state index contributed by atoms with van der Waals surface area (Å²) in [5.41, 5.74) is 0.806. The number of fused-ring (bicyclic) bond motifs is 1. The molecule has 0 bridgehead atoms. The average Bonchev–Trinajstić information content (AvgIpc) is 2.78. The summed E-state index contributed by atoms with van der Waals surface area (Å²) >= 11 is 0. The standard InChI is InChI=1S/C13H8N2O5/c16-12(17)10-5-8(3-4-14-10)19-7-1-2-9-11(6-7)20-13(18)15-9/h1-6H,(H,15,18)(H,16,17). The first-order valence-corrected chi connectivity index (χ1v) is 5.62. The van der Waals surface area contributed by atoms with E-state index >= 15 is 0 Å². The zero-order chi connectivity index (χ0) is 14.1. The van der Waals surface area contributed by atoms with Gasteiger partial charge in [-0.05, 0) is 18.2 Å². The van der Waals surface area contributed by atoms with Crippen molar-refractivity contribution in [2.45, 2.75) is 0 Å². The molecule has 0 amide bonds. The van der Waals surface area contributed by atoms with E-state index in [-0.39, 0.29) is 5.69 Å². The molecule has 7 nitrogen and oxygen atoms in total. The second-order valence-corrected chi connectivity index (χ2v) is 3.96. The van der Waals surface area contributed by atoms with Gasteiger partial charge in [-0.1, -0.05) is 0 Å². The van der Waals surface area contributed by atoms with Crippen molar-refractivity contribution in [1.82, 2.24) is 9.97 Å². The van der Waals surface area contributed by atoms with Crippen LogP contribution in [0.1, 0.15) is 10.5 Å². The number of oxazole rings is 1. The topological polar surface area (TPSA) is 105 Å². The van der Waals surface area contributed by atoms with Gasteiger partial charge in [0.25, 0.3) is 0 Å². The van der Waals surface area contributed by atoms with E-state index in [0.717, 1.165) is 0 Å². The van der Waals surface area contributed by atoms with Crippen LogP contribution < -0.4 is 10.5 Å². The first-order valence-electron chi connectivity index (χ1n) is 5.62. The minimum atomic E-state index is -1.14. The number of aromatic nitrogens is 2. The number of nitrogens with one attached hydrogen (secondary N) is 1. The van der Waals surface area contributed by atoms with Crippen LogP contribution in [0.5, 0.6) is 11.5 Å². The Morgan fingerprint density at radius 2 is 2.05 bits per heavy atom. The van der Waals surface area contributed by atoms with E-state index in [9.17, 15) is 9.59 Å². The zero-order valence-corrected chi connectivity index (χ0v) is 9.99. The Kier molecular flexibility index (Phi) is 2.72. The van der Waals surface area contributed by atoms with E-state index in [2.05, 4.69) is 9.97 Å². The Labute approximate surface area is 111 Å². The maximum absolute atomic E-state index is 11.0. The predicted octanol–water partition coefficient (Wildman–Crippen LogP) is 2.01. The number of carbonyl (C=O) groups is 1. The minimum absolute atomic E-state index is 0.114. The third kappa shape index (κ3) is 2.24. The highest BCUT2D eigenvalue weighted by atomic mass is 16.5. The monoisotopic (exact) mass is 272 g/mol. The molecule has 0 radical (unpaired) electrons. The van der Waals surface area contributed by atoms with Gasteiger partial charge in [-0.15, -0.1) is 0 Å². The number of carboxylic acid groups (broad SMARTS) is 1. The van der Waals surface area contributed by atoms with E-state index in [1.165, 1.54) is 24.4 Å². The van der Waals surface area contributed by atoms with Gasteiger partial charge in [0.2, 0.25) is 0 Å². The lowest BCUT2D eigenvalue weighted by molar-refractivity contribution is 0.0690. The summed E-state index contributed by atoms with van der Waals surface area (Å²) < 4.78 is 10.4. The fraction of sp³-hybridized carbons (Fsp3) is 0. The molecule has 1 aromatic carbocycles. The molecule has 0 aliphatic carbocycles. The zero-order valence-electron chi connectivity index (χ0n) is 9.99. The van der Waals surface area contributed by atoms with Gasteiger partial charge in [-0.2, -0.15) is 0 Å². The molecule has 3 rings (SSSR count). The van der Waals surface area contributed by atoms with Crippen LogP contribution in [0.4, 0.5) is 0 Å². The number of hydrogen-bond acceptors (Lipinski definition) is 5. The van der Waals surface area contributed by atoms with Crippen molar-refractivity contribution >= 4 is 17.1 Å². The van der Waals surface area contributed by atoms with Crippen LogP contribution in [-0.2, 0) is 0 Å². The number of aromatic amines is 1. The van der Waals surface area contributed by atoms with Crippen LogP contribution in [0.15, 0.2) is 45.7 Å². The number of hydrogen-bond donors (Lipinski definition) is 2. The Morgan fingerprint density at radius 1 is 1.25 bits per heavy atom. The molecule has 3 aromatic rings. The maximum Gasteiger partial charge on any atom is 0.417 e. The Morgan fingerprint density at radius 3 is 2.85 bits per heavy atom. The van der Waals surface area contributed by atoms with Crippen LogP contribution in [0.2, 0.25) is 0 Å². The Balaban J connectivity index is 1.94. The van der Waals surface area contributed by atoms with Crippen LogP contribution in [-0.4, -0.2) is 21.0 Å². The highest BCUT2D eigenvalue weighted by molar-refractivity contribution is 5.85. The summed E-state index contributed by atoms with van der Waals surface area (Å²) in [6, 6.07) is 7.64. The third-order valence-corrected chi connectivity index (χ3v) is 2.58. The number of carboxylic acids is 1. The molecule has 2 N–H and O–H groups in total. The molecule has 100 valence electrons. The fourth-order valence-electron chi connectivity index (χ4n) is 1.72. The highest BCUT2D eigenvalue weighted by Gasteiger charge is 2.08. The van der Waals surface area contributed by atoms with Gasteiger partial charge >= 0.3 is 11.7 Å². The van der Waals surface area contributed by atoms with Gasteiger partial charge in [0.1, 0.15) is 11.5 Å². The van der Waals surface area contributed by atoms with Crippen molar-refractivity contribution in [1.29, 1.82) is 0 Å². The summed E-state index contributed by atoms with van der Waals surface area (Å²) in [5.74, 6) is -0.936. The molecule has 0 saturated heterocycles. The normalized spacial score (nSPS) is 10.6. The second kappa shape index (κ2) is 4.54. The summed E-state index contributed by atoms with van der Waals surface area (Å²) in [5, 5.41) is 8.85. The number of nitrogens with zero attached hydrogens (tertiary/aromatic N) is 1. The SMILES string of the molecule is O=C(O)c1cc(Oc2ccc3[nH]c(=O)oc3c2)ccn1. The first-order chi connectivity index (χ1) is 9.61. The van der Waals surface area contributed by atoms with Crippen molar-refractivity contribution in [3.05, 3.63) is 52.8 Å². The van der Waals surface area contributed by atoms with Crippen LogP contribution in [0.25, 0.3) is 11.1 Å². The van der Waals surface area contributed by atoms with Gasteiger partial charge in [-0.3, -0.25) is 4.98 Å². The van der Waals surface area contributed by atoms with Crippen LogP contribution in [0.3, 0.4) is 0 Å². The fourth-order valence-corrected chi connectivity index (χ4v) is 1.72. The molecule has 0 aliphatic rings. The number of pyridine rings is 1. The molecule has 0 saturated carbocycles. The van der Waals surface area contributed by atoms with Gasteiger partial charge in [0.15, 0.2) is 11.3 Å². The van der Waals surface area contributed by atoms with Gasteiger partial charge in [0.05, 0.1) is 5.52 Å². The van der Waals surface area contributed by atoms with Crippen molar-refractivity contribution in [3.8, 4) is 11.5 Å². The smallest absolute Gasteiger partial charge is 0.417 e. The average molecular weight is 272 g/mol. The third-order valence-electron chi connectivity index (χ3n) is 2.58. The number of H-pyrrole nitrogens is 1. The highest BCUT2D eigenvalue weighted by Crippen LogP contribution is 2.24. The number of rotatable bonds is 3. The lowest BCUT2D eigenvalue weighted by Crippen LogP contribution is -1.99. The van der Waals surface area contributed by atoms with E-state index < -0.39 is 11.7 Å². The molecule has 2 aromatic heterocycles. The van der Waals surface area contributed by atoms with Crippen LogP contribution in [0, 0.1) is 0 Å². The van der Waals surface area contributed by atoms with E-state index in [1.807, 2.05) is 0 Å². The molecular formula is C13H8N2O5. The molecular weight excluding hydrogens is 264 g/mol. The minimum Gasteiger partial charge on any atom is -0.477 e. The lowest BCUT2D eigenvalue weighted by Gasteiger charge is -2.05. The van der Waals surface area contributed by atoms with Gasteiger partial charge < -0.3 is 14.3 Å². The summed E-state index contributed by atoms with van der Waals surface area (Å²) in [4.78, 5) is 28.1. The lowest BCUT2D eigenvalue weighted by atomic mass is 10.3. The van der Waals surface area contributed by atoms with E-state index in [1.54, 1.807) is 12.1 Å². The maximum atomic E-state index is 11.0. The van der Waals surface area contributed by atoms with Gasteiger partial charge in [-0.25, -0.2) is 14.6 Å². The largest absolute Gasteiger partial charge is 0.477 e. The number of aromatic carboxylic acids is 1. The Hall–Kier alpha value is -3.09. The van der Waals surface area contributed by atoms with E-state index in [4.69, 9.17) is 14.3 Å². The summed E-state index contributed by atoms with van der Waals surface area (Å²) in [7, 11) is 0. The molecule has 7 heteroatoms. The van der Waals surface area contributed by atoms with Crippen molar-refractivity contribution in [2.24, 2.45) is 0 Å². The first kappa shape index (κ1) is 12.0. The number of ether oxygens (including phenoxy) is 1. The van der Waals surface area contributed by atoms with Crippen molar-refractivity contribution in [3.63, 3.8) is 0 Å². The molecule has 0 spiro atoms. The molecule has 2 heterocycles. The molecule has 0 atom stereocenters. The van der Waals surface area contributed by atoms with Crippen molar-refractivity contribution < 1.29 is 19.1 Å². The molecule has 0 aliphatic heterocycles. The predicted molar refractivity (Wildman–Crippen MR) is 68.1 cm³/mol. The number of benzene rings is 1. The molecule has 0 unspecified atom stereocenters. The van der Waals surface area contributed by atoms with E-state index in [0.29, 0.717) is 22.6 Å². The van der Waals surface area contributed by atoms with Crippen molar-refractivity contribution in [2.75, 3.05) is 0 Å². The molecule has 20 heavy (non-hydrogen) atoms.